The van der Waals surface area contributed by atoms with Crippen molar-refractivity contribution >= 4 is 12.0 Å². The van der Waals surface area contributed by atoms with Crippen LogP contribution < -0.4 is 0 Å². The summed E-state index contributed by atoms with van der Waals surface area (Å²) in [6.45, 7) is 2.34. The van der Waals surface area contributed by atoms with E-state index >= 15 is 0 Å². The first-order chi connectivity index (χ1) is 10.3. The van der Waals surface area contributed by atoms with Crippen molar-refractivity contribution in [3.63, 3.8) is 0 Å². The monoisotopic (exact) mass is 281 g/mol. The van der Waals surface area contributed by atoms with Crippen LogP contribution in [0.4, 0.5) is 0 Å². The van der Waals surface area contributed by atoms with Gasteiger partial charge in [0.2, 0.25) is 0 Å². The van der Waals surface area contributed by atoms with E-state index in [-0.39, 0.29) is 0 Å². The Morgan fingerprint density at radius 3 is 2.52 bits per heavy atom. The van der Waals surface area contributed by atoms with E-state index in [2.05, 4.69) is 29.4 Å². The molecule has 0 aliphatic rings. The second-order valence-electron chi connectivity index (χ2n) is 4.66. The molecule has 2 aromatic carbocycles. The first kappa shape index (κ1) is 15.0. The van der Waals surface area contributed by atoms with Gasteiger partial charge in [0.1, 0.15) is 12.3 Å². The highest BCUT2D eigenvalue weighted by Crippen LogP contribution is 2.23. The second-order valence-corrected chi connectivity index (χ2v) is 4.66. The first-order valence-electron chi connectivity index (χ1n) is 7.12. The van der Waals surface area contributed by atoms with Gasteiger partial charge in [0.25, 0.3) is 0 Å². The van der Waals surface area contributed by atoms with E-state index in [1.807, 2.05) is 37.3 Å². The topological polar surface area (TPSA) is 38.7 Å². The Balaban J connectivity index is 2.05. The molecule has 0 fully saturated rings. The summed E-state index contributed by atoms with van der Waals surface area (Å²) in [6, 6.07) is 18.5. The largest absolute Gasteiger partial charge is 0.395 e. The minimum Gasteiger partial charge on any atom is -0.395 e. The summed E-state index contributed by atoms with van der Waals surface area (Å²) >= 11 is 0. The highest BCUT2D eigenvalue weighted by atomic mass is 16.6. The molecule has 108 valence electrons. The maximum absolute atomic E-state index is 10.6. The van der Waals surface area contributed by atoms with Gasteiger partial charge in [-0.2, -0.15) is 0 Å². The van der Waals surface area contributed by atoms with Crippen molar-refractivity contribution in [3.05, 3.63) is 60.2 Å². The summed E-state index contributed by atoms with van der Waals surface area (Å²) in [5, 5.41) is 3.83. The molecule has 0 bridgehead atoms. The molecule has 3 nitrogen and oxygen atoms in total. The predicted octanol–water partition coefficient (Wildman–Crippen LogP) is 3.88. The summed E-state index contributed by atoms with van der Waals surface area (Å²) in [6.07, 6.45) is 2.08. The Morgan fingerprint density at radius 1 is 1.10 bits per heavy atom. The highest BCUT2D eigenvalue weighted by Gasteiger charge is 2.04. The maximum atomic E-state index is 10.6. The molecule has 0 aliphatic heterocycles. The van der Waals surface area contributed by atoms with Gasteiger partial charge in [0, 0.05) is 6.42 Å². The van der Waals surface area contributed by atoms with Crippen molar-refractivity contribution in [2.45, 2.75) is 19.8 Å². The molecule has 2 rings (SSSR count). The fourth-order valence-corrected chi connectivity index (χ4v) is 2.09. The van der Waals surface area contributed by atoms with Crippen molar-refractivity contribution in [1.29, 1.82) is 0 Å². The summed E-state index contributed by atoms with van der Waals surface area (Å²) in [5.41, 5.74) is 4.05. The van der Waals surface area contributed by atoms with Gasteiger partial charge in [-0.25, -0.2) is 0 Å². The Kier molecular flexibility index (Phi) is 5.71. The lowest BCUT2D eigenvalue weighted by atomic mass is 9.98. The second kappa shape index (κ2) is 8.00. The van der Waals surface area contributed by atoms with E-state index in [0.717, 1.165) is 12.7 Å². The average molecular weight is 281 g/mol. The fourth-order valence-electron chi connectivity index (χ4n) is 2.09. The minimum atomic E-state index is 0.436. The Hall–Kier alpha value is -2.42. The van der Waals surface area contributed by atoms with Crippen molar-refractivity contribution < 1.29 is 9.63 Å². The molecule has 0 unspecified atom stereocenters. The summed E-state index contributed by atoms with van der Waals surface area (Å²) in [5.74, 6) is 0. The smallest absolute Gasteiger partial charge is 0.167 e. The van der Waals surface area contributed by atoms with Crippen LogP contribution in [0.1, 0.15) is 18.9 Å². The van der Waals surface area contributed by atoms with Crippen LogP contribution >= 0.6 is 0 Å². The standard InChI is InChI=1S/C18H19NO2/c1-2-17(14-20)19-21-13-12-16-10-6-7-11-18(16)15-8-4-3-5-9-15/h3-11,14H,2,12-13H2,1H3/b19-17+. The van der Waals surface area contributed by atoms with E-state index in [1.165, 1.54) is 16.7 Å². The van der Waals surface area contributed by atoms with E-state index in [4.69, 9.17) is 4.84 Å². The number of rotatable bonds is 7. The van der Waals surface area contributed by atoms with Gasteiger partial charge < -0.3 is 4.84 Å². The SMILES string of the molecule is CC/C(C=O)=N\OCCc1ccccc1-c1ccccc1. The number of benzene rings is 2. The van der Waals surface area contributed by atoms with Crippen molar-refractivity contribution in [3.8, 4) is 11.1 Å². The first-order valence-corrected chi connectivity index (χ1v) is 7.12. The number of oxime groups is 1. The van der Waals surface area contributed by atoms with Crippen LogP contribution in [0.25, 0.3) is 11.1 Å². The third-order valence-electron chi connectivity index (χ3n) is 3.24. The average Bonchev–Trinajstić information content (AvgIpc) is 2.56. The number of aldehydes is 1. The third kappa shape index (κ3) is 4.28. The number of nitrogens with zero attached hydrogens (tertiary/aromatic N) is 1. The quantitative estimate of drug-likeness (QED) is 0.334. The maximum Gasteiger partial charge on any atom is 0.167 e. The van der Waals surface area contributed by atoms with Gasteiger partial charge in [-0.05, 0) is 23.1 Å². The molecule has 3 heteroatoms. The highest BCUT2D eigenvalue weighted by molar-refractivity contribution is 6.27. The van der Waals surface area contributed by atoms with E-state index in [1.54, 1.807) is 0 Å². The molecular weight excluding hydrogens is 262 g/mol. The van der Waals surface area contributed by atoms with Crippen LogP contribution in [0.15, 0.2) is 59.8 Å². The third-order valence-corrected chi connectivity index (χ3v) is 3.24. The molecule has 0 saturated carbocycles. The minimum absolute atomic E-state index is 0.436. The van der Waals surface area contributed by atoms with Crippen LogP contribution in [0, 0.1) is 0 Å². The van der Waals surface area contributed by atoms with Gasteiger partial charge >= 0.3 is 0 Å². The Labute approximate surface area is 125 Å². The number of hydrogen-bond acceptors (Lipinski definition) is 3. The summed E-state index contributed by atoms with van der Waals surface area (Å²) in [7, 11) is 0. The number of carbonyl (C=O) groups excluding carboxylic acids is 1. The molecule has 0 amide bonds. The molecule has 2 aromatic rings. The lowest BCUT2D eigenvalue weighted by Gasteiger charge is -2.09. The lowest BCUT2D eigenvalue weighted by molar-refractivity contribution is -0.103. The van der Waals surface area contributed by atoms with Gasteiger partial charge in [0.05, 0.1) is 0 Å². The van der Waals surface area contributed by atoms with Gasteiger partial charge in [-0.3, -0.25) is 4.79 Å². The molecule has 0 N–H and O–H groups in total. The van der Waals surface area contributed by atoms with E-state index in [0.29, 0.717) is 18.7 Å². The van der Waals surface area contributed by atoms with Gasteiger partial charge in [-0.1, -0.05) is 66.7 Å². The van der Waals surface area contributed by atoms with Crippen molar-refractivity contribution in [1.82, 2.24) is 0 Å². The molecule has 0 saturated heterocycles. The molecule has 21 heavy (non-hydrogen) atoms. The van der Waals surface area contributed by atoms with Crippen LogP contribution in [-0.2, 0) is 16.1 Å². The summed E-state index contributed by atoms with van der Waals surface area (Å²) < 4.78 is 0. The molecular formula is C18H19NO2. The van der Waals surface area contributed by atoms with Crippen LogP contribution in [0.3, 0.4) is 0 Å². The van der Waals surface area contributed by atoms with Gasteiger partial charge in [0.15, 0.2) is 6.29 Å². The number of carbonyl (C=O) groups is 1. The molecule has 0 radical (unpaired) electrons. The van der Waals surface area contributed by atoms with Crippen LogP contribution in [0.2, 0.25) is 0 Å². The molecule has 0 spiro atoms. The lowest BCUT2D eigenvalue weighted by Crippen LogP contribution is -2.02. The van der Waals surface area contributed by atoms with Crippen LogP contribution in [0.5, 0.6) is 0 Å². The molecule has 0 aliphatic carbocycles. The van der Waals surface area contributed by atoms with Gasteiger partial charge in [-0.15, -0.1) is 0 Å². The molecule has 0 heterocycles. The summed E-state index contributed by atoms with van der Waals surface area (Å²) in [4.78, 5) is 15.9. The predicted molar refractivity (Wildman–Crippen MR) is 85.3 cm³/mol. The zero-order valence-electron chi connectivity index (χ0n) is 12.2. The Morgan fingerprint density at radius 2 is 1.81 bits per heavy atom. The zero-order valence-corrected chi connectivity index (χ0v) is 12.2. The van der Waals surface area contributed by atoms with Crippen molar-refractivity contribution in [2.75, 3.05) is 6.61 Å². The normalized spacial score (nSPS) is 11.2. The zero-order chi connectivity index (χ0) is 14.9. The molecule has 0 aromatic heterocycles. The van der Waals surface area contributed by atoms with Crippen molar-refractivity contribution in [2.24, 2.45) is 5.16 Å². The van der Waals surface area contributed by atoms with Crippen LogP contribution in [-0.4, -0.2) is 18.6 Å². The van der Waals surface area contributed by atoms with E-state index < -0.39 is 0 Å². The fraction of sp³-hybridized carbons (Fsp3) is 0.222. The Bertz CT molecular complexity index is 606. The molecule has 0 atom stereocenters. The van der Waals surface area contributed by atoms with E-state index in [9.17, 15) is 4.79 Å². The number of hydrogen-bond donors (Lipinski definition) is 0.